The van der Waals surface area contributed by atoms with Crippen LogP contribution in [-0.4, -0.2) is 23.4 Å². The van der Waals surface area contributed by atoms with Crippen LogP contribution in [0, 0.1) is 5.82 Å². The molecule has 8 nitrogen and oxygen atoms in total. The van der Waals surface area contributed by atoms with Crippen LogP contribution in [0.1, 0.15) is 10.5 Å². The van der Waals surface area contributed by atoms with E-state index in [2.05, 4.69) is 4.98 Å². The van der Waals surface area contributed by atoms with Crippen molar-refractivity contribution in [2.45, 2.75) is 0 Å². The normalized spacial score (nSPS) is 9.26. The monoisotopic (exact) mass is 324 g/mol. The number of nitrogens with one attached hydrogen (secondary N) is 1. The third kappa shape index (κ3) is 5.02. The molecule has 0 aliphatic heterocycles. The SMILES string of the molecule is O=C([O-])CNC(=O)c1ncc(-c2cccc(F)c2)cc1[O-].[NH4+].[NH4+]. The molecular weight excluding hydrogens is 307 g/mol. The fourth-order valence-corrected chi connectivity index (χ4v) is 1.68. The van der Waals surface area contributed by atoms with E-state index in [0.29, 0.717) is 11.1 Å². The zero-order valence-electron chi connectivity index (χ0n) is 12.6. The highest BCUT2D eigenvalue weighted by Gasteiger charge is 2.09. The first-order valence-corrected chi connectivity index (χ1v) is 5.88. The number of halogens is 1. The van der Waals surface area contributed by atoms with Gasteiger partial charge in [0.15, 0.2) is 0 Å². The van der Waals surface area contributed by atoms with E-state index in [4.69, 9.17) is 0 Å². The Morgan fingerprint density at radius 1 is 1.17 bits per heavy atom. The van der Waals surface area contributed by atoms with Crippen LogP contribution in [0.5, 0.6) is 5.75 Å². The van der Waals surface area contributed by atoms with Crippen molar-refractivity contribution in [1.29, 1.82) is 0 Å². The zero-order valence-corrected chi connectivity index (χ0v) is 12.6. The summed E-state index contributed by atoms with van der Waals surface area (Å²) in [7, 11) is 0. The van der Waals surface area contributed by atoms with Crippen molar-refractivity contribution in [3.05, 3.63) is 48.0 Å². The minimum Gasteiger partial charge on any atom is -0.871 e. The van der Waals surface area contributed by atoms with Gasteiger partial charge in [-0.1, -0.05) is 23.9 Å². The summed E-state index contributed by atoms with van der Waals surface area (Å²) in [5, 5.41) is 24.0. The Bertz CT molecular complexity index is 709. The van der Waals surface area contributed by atoms with Gasteiger partial charge < -0.3 is 32.6 Å². The number of quaternary nitrogens is 2. The van der Waals surface area contributed by atoms with Gasteiger partial charge in [0.05, 0.1) is 12.5 Å². The molecule has 0 bridgehead atoms. The first-order chi connectivity index (χ1) is 9.97. The molecule has 0 atom stereocenters. The number of carboxylic acid groups (broad SMARTS) is 1. The summed E-state index contributed by atoms with van der Waals surface area (Å²) >= 11 is 0. The van der Waals surface area contributed by atoms with E-state index in [1.165, 1.54) is 24.4 Å². The van der Waals surface area contributed by atoms with Crippen LogP contribution < -0.4 is 27.8 Å². The molecule has 0 saturated heterocycles. The van der Waals surface area contributed by atoms with Gasteiger partial charge in [0.25, 0.3) is 5.91 Å². The number of pyridine rings is 1. The van der Waals surface area contributed by atoms with Gasteiger partial charge in [-0.15, -0.1) is 0 Å². The van der Waals surface area contributed by atoms with Crippen molar-refractivity contribution < 1.29 is 24.2 Å². The Labute approximate surface area is 131 Å². The lowest BCUT2D eigenvalue weighted by Crippen LogP contribution is -2.38. The van der Waals surface area contributed by atoms with Gasteiger partial charge in [-0.25, -0.2) is 4.39 Å². The number of amides is 1. The average Bonchev–Trinajstić information content (AvgIpc) is 2.44. The molecule has 0 aliphatic carbocycles. The number of nitrogens with zero attached hydrogens (tertiary/aromatic N) is 1. The third-order valence-electron chi connectivity index (χ3n) is 2.62. The summed E-state index contributed by atoms with van der Waals surface area (Å²) in [4.78, 5) is 25.5. The highest BCUT2D eigenvalue weighted by atomic mass is 19.1. The van der Waals surface area contributed by atoms with Gasteiger partial charge in [-0.3, -0.25) is 9.78 Å². The van der Waals surface area contributed by atoms with Crippen LogP contribution in [0.2, 0.25) is 0 Å². The maximum Gasteiger partial charge on any atom is 0.269 e. The van der Waals surface area contributed by atoms with Gasteiger partial charge in [-0.05, 0) is 23.3 Å². The Morgan fingerprint density at radius 3 is 2.43 bits per heavy atom. The first-order valence-electron chi connectivity index (χ1n) is 5.88. The smallest absolute Gasteiger partial charge is 0.269 e. The largest absolute Gasteiger partial charge is 0.871 e. The Balaban J connectivity index is 0.00000242. The highest BCUT2D eigenvalue weighted by Crippen LogP contribution is 2.23. The van der Waals surface area contributed by atoms with E-state index in [1.54, 1.807) is 6.07 Å². The van der Waals surface area contributed by atoms with Gasteiger partial charge in [-0.2, -0.15) is 0 Å². The van der Waals surface area contributed by atoms with Gasteiger partial charge >= 0.3 is 0 Å². The van der Waals surface area contributed by atoms with Gasteiger partial charge in [0, 0.05) is 6.20 Å². The van der Waals surface area contributed by atoms with E-state index in [0.717, 1.165) is 6.07 Å². The Kier molecular flexibility index (Phi) is 7.30. The van der Waals surface area contributed by atoms with E-state index in [1.807, 2.05) is 5.32 Å². The van der Waals surface area contributed by atoms with Gasteiger partial charge in [0.1, 0.15) is 11.5 Å². The minimum atomic E-state index is -1.48. The molecule has 1 aromatic heterocycles. The zero-order chi connectivity index (χ0) is 15.4. The predicted molar refractivity (Wildman–Crippen MR) is 78.4 cm³/mol. The lowest BCUT2D eigenvalue weighted by Gasteiger charge is -2.14. The van der Waals surface area contributed by atoms with E-state index in [9.17, 15) is 24.2 Å². The molecule has 0 unspecified atom stereocenters. The van der Waals surface area contributed by atoms with Crippen molar-refractivity contribution in [1.82, 2.24) is 22.6 Å². The van der Waals surface area contributed by atoms with E-state index in [-0.39, 0.29) is 12.3 Å². The molecule has 0 aliphatic rings. The summed E-state index contributed by atoms with van der Waals surface area (Å²) in [5.74, 6) is -3.54. The molecule has 0 fully saturated rings. The molecule has 23 heavy (non-hydrogen) atoms. The number of hydrogen-bond acceptors (Lipinski definition) is 5. The number of benzene rings is 1. The molecule has 2 rings (SSSR count). The second kappa shape index (κ2) is 8.41. The highest BCUT2D eigenvalue weighted by molar-refractivity contribution is 5.96. The molecule has 9 heteroatoms. The Hall–Kier alpha value is -3.04. The van der Waals surface area contributed by atoms with Crippen LogP contribution in [-0.2, 0) is 4.79 Å². The second-order valence-corrected chi connectivity index (χ2v) is 4.14. The van der Waals surface area contributed by atoms with Crippen LogP contribution in [0.4, 0.5) is 4.39 Å². The Morgan fingerprint density at radius 2 is 1.87 bits per heavy atom. The fourth-order valence-electron chi connectivity index (χ4n) is 1.68. The maximum absolute atomic E-state index is 13.1. The fraction of sp³-hybridized carbons (Fsp3) is 0.0714. The number of rotatable bonds is 4. The molecule has 0 spiro atoms. The number of hydrogen-bond donors (Lipinski definition) is 3. The molecule has 124 valence electrons. The number of carbonyl (C=O) groups excluding carboxylic acids is 2. The quantitative estimate of drug-likeness (QED) is 0.725. The summed E-state index contributed by atoms with van der Waals surface area (Å²) < 4.78 is 13.1. The molecule has 0 radical (unpaired) electrons. The van der Waals surface area contributed by atoms with Crippen LogP contribution in [0.25, 0.3) is 11.1 Å². The van der Waals surface area contributed by atoms with Crippen molar-refractivity contribution in [2.75, 3.05) is 6.54 Å². The predicted octanol–water partition coefficient (Wildman–Crippen LogP) is 0.193. The van der Waals surface area contributed by atoms with E-state index >= 15 is 0 Å². The molecule has 2 aromatic rings. The first kappa shape index (κ1) is 20.0. The molecule has 1 heterocycles. The molecule has 0 saturated carbocycles. The van der Waals surface area contributed by atoms with Gasteiger partial charge in [0.2, 0.25) is 0 Å². The van der Waals surface area contributed by atoms with E-state index < -0.39 is 35.7 Å². The second-order valence-electron chi connectivity index (χ2n) is 4.14. The number of aliphatic carboxylic acids is 1. The molecule has 1 amide bonds. The number of carboxylic acids is 1. The summed E-state index contributed by atoms with van der Waals surface area (Å²) in [6, 6.07) is 6.70. The molecule has 1 aromatic carbocycles. The minimum absolute atomic E-state index is 0. The number of aromatic nitrogens is 1. The number of carbonyl (C=O) groups is 2. The standard InChI is InChI=1S/C14H11FN2O4.2H3N/c15-10-3-1-2-8(4-10)9-5-11(18)13(16-6-9)14(21)17-7-12(19)20;;/h1-6,18H,7H2,(H,17,21)(H,19,20);2*1H3. The maximum atomic E-state index is 13.1. The van der Waals surface area contributed by atoms with Crippen molar-refractivity contribution in [3.63, 3.8) is 0 Å². The summed E-state index contributed by atoms with van der Waals surface area (Å²) in [6.07, 6.45) is 1.24. The molecule has 9 N–H and O–H groups in total. The van der Waals surface area contributed by atoms with Crippen molar-refractivity contribution in [3.8, 4) is 16.9 Å². The topological polar surface area (TPSA) is 178 Å². The van der Waals surface area contributed by atoms with Crippen LogP contribution >= 0.6 is 0 Å². The third-order valence-corrected chi connectivity index (χ3v) is 2.62. The van der Waals surface area contributed by atoms with Crippen molar-refractivity contribution >= 4 is 11.9 Å². The molecular formula is C14H17FN4O4. The van der Waals surface area contributed by atoms with Crippen molar-refractivity contribution in [2.24, 2.45) is 0 Å². The van der Waals surface area contributed by atoms with Crippen LogP contribution in [0.15, 0.2) is 36.5 Å². The summed E-state index contributed by atoms with van der Waals surface area (Å²) in [6.45, 7) is -0.717. The summed E-state index contributed by atoms with van der Waals surface area (Å²) in [5.41, 5.74) is 0.369. The average molecular weight is 324 g/mol. The van der Waals surface area contributed by atoms with Crippen LogP contribution in [0.3, 0.4) is 0 Å². The lowest BCUT2D eigenvalue weighted by molar-refractivity contribution is -0.303. The lowest BCUT2D eigenvalue weighted by atomic mass is 10.1.